The van der Waals surface area contributed by atoms with Crippen molar-refractivity contribution in [2.45, 2.75) is 25.8 Å². The molecule has 0 fully saturated rings. The summed E-state index contributed by atoms with van der Waals surface area (Å²) in [5.41, 5.74) is 2.84. The van der Waals surface area contributed by atoms with Gasteiger partial charge in [-0.1, -0.05) is 0 Å². The lowest BCUT2D eigenvalue weighted by molar-refractivity contribution is -0.116. The first-order chi connectivity index (χ1) is 12.0. The summed E-state index contributed by atoms with van der Waals surface area (Å²) < 4.78 is 18.5. The number of aryl methyl sites for hydroxylation is 1. The Kier molecular flexibility index (Phi) is 4.97. The van der Waals surface area contributed by atoms with Gasteiger partial charge in [0.2, 0.25) is 5.91 Å². The van der Waals surface area contributed by atoms with Gasteiger partial charge in [-0.05, 0) is 54.3 Å². The number of ether oxygens (including phenoxy) is 1. The topological polar surface area (TPSA) is 67.4 Å². The quantitative estimate of drug-likeness (QED) is 0.897. The van der Waals surface area contributed by atoms with Crippen LogP contribution in [0, 0.1) is 5.82 Å². The van der Waals surface area contributed by atoms with Gasteiger partial charge in [0.1, 0.15) is 11.6 Å². The SMILES string of the molecule is COc1cc(F)cc(CNC(=O)c2ccc3c(c2)CCCC(=O)N3)c1. The Morgan fingerprint density at radius 2 is 2.08 bits per heavy atom. The Morgan fingerprint density at radius 1 is 1.24 bits per heavy atom. The molecule has 0 saturated heterocycles. The molecule has 0 radical (unpaired) electrons. The van der Waals surface area contributed by atoms with Crippen LogP contribution in [-0.2, 0) is 17.8 Å². The summed E-state index contributed by atoms with van der Waals surface area (Å²) in [5, 5.41) is 5.62. The molecule has 2 N–H and O–H groups in total. The number of hydrogen-bond acceptors (Lipinski definition) is 3. The van der Waals surface area contributed by atoms with E-state index in [-0.39, 0.29) is 18.4 Å². The second kappa shape index (κ2) is 7.34. The molecule has 0 unspecified atom stereocenters. The van der Waals surface area contributed by atoms with Crippen LogP contribution in [0.15, 0.2) is 36.4 Å². The van der Waals surface area contributed by atoms with E-state index in [1.807, 2.05) is 0 Å². The fraction of sp³-hybridized carbons (Fsp3) is 0.263. The van der Waals surface area contributed by atoms with Crippen molar-refractivity contribution in [2.24, 2.45) is 0 Å². The largest absolute Gasteiger partial charge is 0.497 e. The van der Waals surface area contributed by atoms with E-state index >= 15 is 0 Å². The zero-order chi connectivity index (χ0) is 17.8. The number of rotatable bonds is 4. The lowest BCUT2D eigenvalue weighted by atomic mass is 10.0. The molecule has 3 rings (SSSR count). The summed E-state index contributed by atoms with van der Waals surface area (Å²) >= 11 is 0. The first-order valence-corrected chi connectivity index (χ1v) is 8.09. The molecule has 0 aromatic heterocycles. The summed E-state index contributed by atoms with van der Waals surface area (Å²) in [6.45, 7) is 0.195. The van der Waals surface area contributed by atoms with Crippen LogP contribution in [0.1, 0.15) is 34.3 Å². The standard InChI is InChI=1S/C19H19FN2O3/c1-25-16-8-12(7-15(20)10-16)11-21-19(24)14-5-6-17-13(9-14)3-2-4-18(23)22-17/h5-10H,2-4,11H2,1H3,(H,21,24)(H,22,23). The molecule has 0 spiro atoms. The van der Waals surface area contributed by atoms with Crippen LogP contribution in [0.2, 0.25) is 0 Å². The van der Waals surface area contributed by atoms with Crippen molar-refractivity contribution in [3.8, 4) is 5.75 Å². The van der Waals surface area contributed by atoms with Crippen LogP contribution >= 0.6 is 0 Å². The number of carbonyl (C=O) groups is 2. The van der Waals surface area contributed by atoms with Gasteiger partial charge in [0.25, 0.3) is 5.91 Å². The van der Waals surface area contributed by atoms with Crippen molar-refractivity contribution in [1.29, 1.82) is 0 Å². The van der Waals surface area contributed by atoms with Gasteiger partial charge >= 0.3 is 0 Å². The van der Waals surface area contributed by atoms with Crippen LogP contribution in [0.4, 0.5) is 10.1 Å². The fourth-order valence-electron chi connectivity index (χ4n) is 2.84. The third-order valence-electron chi connectivity index (χ3n) is 4.11. The van der Waals surface area contributed by atoms with Gasteiger partial charge in [0.15, 0.2) is 0 Å². The molecule has 2 aromatic rings. The van der Waals surface area contributed by atoms with Gasteiger partial charge in [-0.3, -0.25) is 9.59 Å². The van der Waals surface area contributed by atoms with E-state index in [0.717, 1.165) is 24.1 Å². The maximum Gasteiger partial charge on any atom is 0.251 e. The van der Waals surface area contributed by atoms with Gasteiger partial charge in [0.05, 0.1) is 7.11 Å². The number of amides is 2. The van der Waals surface area contributed by atoms with Crippen LogP contribution in [0.5, 0.6) is 5.75 Å². The van der Waals surface area contributed by atoms with Gasteiger partial charge < -0.3 is 15.4 Å². The molecule has 5 nitrogen and oxygen atoms in total. The molecule has 0 bridgehead atoms. The van der Waals surface area contributed by atoms with E-state index in [2.05, 4.69) is 10.6 Å². The first-order valence-electron chi connectivity index (χ1n) is 8.09. The molecule has 1 aliphatic rings. The van der Waals surface area contributed by atoms with Crippen molar-refractivity contribution in [1.82, 2.24) is 5.32 Å². The van der Waals surface area contributed by atoms with E-state index in [1.54, 1.807) is 24.3 Å². The number of fused-ring (bicyclic) bond motifs is 1. The number of benzene rings is 2. The Hall–Kier alpha value is -2.89. The number of halogens is 1. The van der Waals surface area contributed by atoms with E-state index in [9.17, 15) is 14.0 Å². The zero-order valence-corrected chi connectivity index (χ0v) is 13.9. The van der Waals surface area contributed by atoms with Crippen molar-refractivity contribution < 1.29 is 18.7 Å². The number of methoxy groups -OCH3 is 1. The highest BCUT2D eigenvalue weighted by Crippen LogP contribution is 2.23. The van der Waals surface area contributed by atoms with Crippen LogP contribution < -0.4 is 15.4 Å². The molecule has 1 aliphatic heterocycles. The number of carbonyl (C=O) groups excluding carboxylic acids is 2. The third kappa shape index (κ3) is 4.15. The molecule has 130 valence electrons. The van der Waals surface area contributed by atoms with Crippen molar-refractivity contribution in [3.05, 3.63) is 58.9 Å². The maximum atomic E-state index is 13.5. The second-order valence-corrected chi connectivity index (χ2v) is 5.96. The molecule has 0 aliphatic carbocycles. The molecular weight excluding hydrogens is 323 g/mol. The Labute approximate surface area is 145 Å². The summed E-state index contributed by atoms with van der Waals surface area (Å²) in [7, 11) is 1.46. The van der Waals surface area contributed by atoms with Crippen LogP contribution in [0.3, 0.4) is 0 Å². The Balaban J connectivity index is 1.70. The highest BCUT2D eigenvalue weighted by Gasteiger charge is 2.15. The van der Waals surface area contributed by atoms with Gasteiger partial charge in [-0.25, -0.2) is 4.39 Å². The molecular formula is C19H19FN2O3. The maximum absolute atomic E-state index is 13.5. The van der Waals surface area contributed by atoms with Crippen LogP contribution in [-0.4, -0.2) is 18.9 Å². The second-order valence-electron chi connectivity index (χ2n) is 5.96. The molecule has 0 atom stereocenters. The lowest BCUT2D eigenvalue weighted by Crippen LogP contribution is -2.23. The van der Waals surface area contributed by atoms with E-state index in [4.69, 9.17) is 4.74 Å². The average molecular weight is 342 g/mol. The highest BCUT2D eigenvalue weighted by atomic mass is 19.1. The predicted molar refractivity (Wildman–Crippen MR) is 92.1 cm³/mol. The minimum Gasteiger partial charge on any atom is -0.497 e. The number of hydrogen-bond donors (Lipinski definition) is 2. The van der Waals surface area contributed by atoms with E-state index in [1.165, 1.54) is 19.2 Å². The predicted octanol–water partition coefficient (Wildman–Crippen LogP) is 3.04. The zero-order valence-electron chi connectivity index (χ0n) is 13.9. The van der Waals surface area contributed by atoms with E-state index in [0.29, 0.717) is 23.3 Å². The summed E-state index contributed by atoms with van der Waals surface area (Å²) in [6, 6.07) is 9.53. The van der Waals surface area contributed by atoms with Gasteiger partial charge in [-0.15, -0.1) is 0 Å². The molecule has 1 heterocycles. The fourth-order valence-corrected chi connectivity index (χ4v) is 2.84. The van der Waals surface area contributed by atoms with Gasteiger partial charge in [0, 0.05) is 30.3 Å². The molecule has 2 amide bonds. The molecule has 0 saturated carbocycles. The number of nitrogens with one attached hydrogen (secondary N) is 2. The van der Waals surface area contributed by atoms with E-state index < -0.39 is 5.82 Å². The lowest BCUT2D eigenvalue weighted by Gasteiger charge is -2.10. The molecule has 25 heavy (non-hydrogen) atoms. The normalized spacial score (nSPS) is 13.4. The summed E-state index contributed by atoms with van der Waals surface area (Å²) in [5.74, 6) is -0.257. The Bertz CT molecular complexity index is 820. The van der Waals surface area contributed by atoms with Crippen molar-refractivity contribution in [3.63, 3.8) is 0 Å². The van der Waals surface area contributed by atoms with Gasteiger partial charge in [-0.2, -0.15) is 0 Å². The monoisotopic (exact) mass is 342 g/mol. The smallest absolute Gasteiger partial charge is 0.251 e. The molecule has 2 aromatic carbocycles. The highest BCUT2D eigenvalue weighted by molar-refractivity contribution is 5.97. The molecule has 6 heteroatoms. The minimum atomic E-state index is -0.413. The summed E-state index contributed by atoms with van der Waals surface area (Å²) in [4.78, 5) is 23.9. The third-order valence-corrected chi connectivity index (χ3v) is 4.11. The van der Waals surface area contributed by atoms with Crippen molar-refractivity contribution >= 4 is 17.5 Å². The Morgan fingerprint density at radius 3 is 2.88 bits per heavy atom. The summed E-state index contributed by atoms with van der Waals surface area (Å²) in [6.07, 6.45) is 1.99. The average Bonchev–Trinajstić information content (AvgIpc) is 2.79. The van der Waals surface area contributed by atoms with Crippen LogP contribution in [0.25, 0.3) is 0 Å². The number of anilines is 1. The minimum absolute atomic E-state index is 0.00370. The van der Waals surface area contributed by atoms with Crippen molar-refractivity contribution in [2.75, 3.05) is 12.4 Å². The first kappa shape index (κ1) is 17.0.